The Morgan fingerprint density at radius 2 is 1.86 bits per heavy atom. The molecule has 1 atom stereocenters. The maximum atomic E-state index is 5.18. The lowest BCUT2D eigenvalue weighted by atomic mass is 10.0. The zero-order valence-corrected chi connectivity index (χ0v) is 13.2. The van der Waals surface area contributed by atoms with Gasteiger partial charge in [-0.15, -0.1) is 0 Å². The van der Waals surface area contributed by atoms with Gasteiger partial charge in [0.25, 0.3) is 0 Å². The maximum absolute atomic E-state index is 5.18. The van der Waals surface area contributed by atoms with E-state index in [1.54, 1.807) is 7.11 Å². The van der Waals surface area contributed by atoms with Crippen molar-refractivity contribution in [1.29, 1.82) is 0 Å². The van der Waals surface area contributed by atoms with Crippen LogP contribution in [-0.4, -0.2) is 37.2 Å². The van der Waals surface area contributed by atoms with Gasteiger partial charge in [0.2, 0.25) is 0 Å². The van der Waals surface area contributed by atoms with Crippen molar-refractivity contribution in [3.8, 4) is 0 Å². The third-order valence-corrected chi connectivity index (χ3v) is 4.65. The van der Waals surface area contributed by atoms with Crippen molar-refractivity contribution in [2.45, 2.75) is 57.3 Å². The number of ether oxygens (including phenoxy) is 1. The number of methoxy groups -OCH3 is 1. The number of rotatable bonds is 7. The molecule has 0 bridgehead atoms. The molecule has 1 N–H and O–H groups in total. The van der Waals surface area contributed by atoms with Crippen molar-refractivity contribution >= 4 is 0 Å². The summed E-state index contributed by atoms with van der Waals surface area (Å²) in [5, 5.41) is 3.69. The Labute approximate surface area is 128 Å². The maximum Gasteiger partial charge on any atom is 0.0713 e. The predicted octanol–water partition coefficient (Wildman–Crippen LogP) is 2.94. The number of hydrogen-bond donors (Lipinski definition) is 1. The summed E-state index contributed by atoms with van der Waals surface area (Å²) < 4.78 is 5.18. The van der Waals surface area contributed by atoms with Crippen LogP contribution in [0.3, 0.4) is 0 Å². The minimum Gasteiger partial charge on any atom is -0.380 e. The summed E-state index contributed by atoms with van der Waals surface area (Å²) in [4.78, 5) is 2.69. The van der Waals surface area contributed by atoms with E-state index in [0.29, 0.717) is 12.6 Å². The first-order valence-corrected chi connectivity index (χ1v) is 8.39. The third kappa shape index (κ3) is 4.53. The molecule has 1 saturated heterocycles. The van der Waals surface area contributed by atoms with E-state index in [1.165, 1.54) is 56.3 Å². The second-order valence-electron chi connectivity index (χ2n) is 6.56. The fourth-order valence-electron chi connectivity index (χ4n) is 3.29. The lowest BCUT2D eigenvalue weighted by Gasteiger charge is -2.30. The van der Waals surface area contributed by atoms with Crippen molar-refractivity contribution in [1.82, 2.24) is 10.2 Å². The summed E-state index contributed by atoms with van der Waals surface area (Å²) in [6.45, 7) is 4.22. The highest BCUT2D eigenvalue weighted by Gasteiger charge is 2.30. The minimum atomic E-state index is 0.701. The van der Waals surface area contributed by atoms with E-state index in [0.717, 1.165) is 12.6 Å². The van der Waals surface area contributed by atoms with Gasteiger partial charge in [-0.25, -0.2) is 0 Å². The van der Waals surface area contributed by atoms with Gasteiger partial charge in [-0.2, -0.15) is 0 Å². The first kappa shape index (κ1) is 15.0. The molecule has 116 valence electrons. The molecule has 3 heteroatoms. The number of hydrogen-bond acceptors (Lipinski definition) is 3. The Morgan fingerprint density at radius 3 is 2.48 bits per heavy atom. The van der Waals surface area contributed by atoms with Crippen LogP contribution in [0.2, 0.25) is 0 Å². The molecule has 2 fully saturated rings. The van der Waals surface area contributed by atoms with Gasteiger partial charge in [-0.3, -0.25) is 4.90 Å². The summed E-state index contributed by atoms with van der Waals surface area (Å²) >= 11 is 0. The first-order valence-electron chi connectivity index (χ1n) is 8.39. The monoisotopic (exact) mass is 288 g/mol. The molecule has 0 amide bonds. The van der Waals surface area contributed by atoms with Gasteiger partial charge in [0.15, 0.2) is 0 Å². The average molecular weight is 288 g/mol. The first-order chi connectivity index (χ1) is 10.3. The van der Waals surface area contributed by atoms with E-state index in [4.69, 9.17) is 4.74 Å². The lowest BCUT2D eigenvalue weighted by Crippen LogP contribution is -2.44. The van der Waals surface area contributed by atoms with Gasteiger partial charge in [0, 0.05) is 32.3 Å². The summed E-state index contributed by atoms with van der Waals surface area (Å²) in [7, 11) is 1.75. The highest BCUT2D eigenvalue weighted by atomic mass is 16.5. The largest absolute Gasteiger partial charge is 0.380 e. The molecule has 1 aromatic carbocycles. The lowest BCUT2D eigenvalue weighted by molar-refractivity contribution is 0.184. The fraction of sp³-hybridized carbons (Fsp3) is 0.667. The number of piperidine rings is 1. The quantitative estimate of drug-likeness (QED) is 0.835. The van der Waals surface area contributed by atoms with E-state index in [1.807, 2.05) is 0 Å². The van der Waals surface area contributed by atoms with E-state index in [9.17, 15) is 0 Å². The van der Waals surface area contributed by atoms with Crippen LogP contribution in [0.25, 0.3) is 0 Å². The molecule has 1 aliphatic heterocycles. The molecule has 1 unspecified atom stereocenters. The topological polar surface area (TPSA) is 24.5 Å². The van der Waals surface area contributed by atoms with Gasteiger partial charge in [0.05, 0.1) is 6.61 Å². The van der Waals surface area contributed by atoms with Gasteiger partial charge < -0.3 is 10.1 Å². The van der Waals surface area contributed by atoms with Crippen molar-refractivity contribution in [2.75, 3.05) is 20.2 Å². The second kappa shape index (κ2) is 7.39. The number of nitrogens with zero attached hydrogens (tertiary/aromatic N) is 1. The minimum absolute atomic E-state index is 0.701. The van der Waals surface area contributed by atoms with Crippen LogP contribution in [0, 0.1) is 0 Å². The van der Waals surface area contributed by atoms with Crippen molar-refractivity contribution in [3.63, 3.8) is 0 Å². The summed E-state index contributed by atoms with van der Waals surface area (Å²) in [6, 6.07) is 10.4. The van der Waals surface area contributed by atoms with Crippen molar-refractivity contribution < 1.29 is 4.74 Å². The molecule has 0 spiro atoms. The van der Waals surface area contributed by atoms with Gasteiger partial charge in [0.1, 0.15) is 0 Å². The van der Waals surface area contributed by atoms with Crippen LogP contribution >= 0.6 is 0 Å². The highest BCUT2D eigenvalue weighted by Crippen LogP contribution is 2.29. The Morgan fingerprint density at radius 1 is 1.10 bits per heavy atom. The van der Waals surface area contributed by atoms with Crippen LogP contribution < -0.4 is 5.32 Å². The second-order valence-corrected chi connectivity index (χ2v) is 6.56. The van der Waals surface area contributed by atoms with Crippen LogP contribution in [0.1, 0.15) is 43.2 Å². The van der Waals surface area contributed by atoms with E-state index < -0.39 is 0 Å². The van der Waals surface area contributed by atoms with Crippen LogP contribution in [0.15, 0.2) is 24.3 Å². The van der Waals surface area contributed by atoms with Crippen molar-refractivity contribution in [2.24, 2.45) is 0 Å². The Hall–Kier alpha value is -0.900. The molecule has 0 aromatic heterocycles. The van der Waals surface area contributed by atoms with Crippen molar-refractivity contribution in [3.05, 3.63) is 35.4 Å². The van der Waals surface area contributed by atoms with Gasteiger partial charge in [-0.05, 0) is 43.4 Å². The van der Waals surface area contributed by atoms with E-state index in [2.05, 4.69) is 34.5 Å². The van der Waals surface area contributed by atoms with Gasteiger partial charge in [-0.1, -0.05) is 30.7 Å². The molecule has 1 aromatic rings. The molecule has 3 rings (SSSR count). The predicted molar refractivity (Wildman–Crippen MR) is 86.2 cm³/mol. The molecular formula is C18H28N2O. The van der Waals surface area contributed by atoms with E-state index in [-0.39, 0.29) is 0 Å². The molecule has 3 nitrogen and oxygen atoms in total. The number of benzene rings is 1. The average Bonchev–Trinajstić information content (AvgIpc) is 3.35. The smallest absolute Gasteiger partial charge is 0.0713 e. The molecular weight excluding hydrogens is 260 g/mol. The molecule has 2 aliphatic rings. The molecule has 0 radical (unpaired) electrons. The summed E-state index contributed by atoms with van der Waals surface area (Å²) in [5.74, 6) is 0. The fourth-order valence-corrected chi connectivity index (χ4v) is 3.29. The van der Waals surface area contributed by atoms with E-state index >= 15 is 0 Å². The normalized spacial score (nSPS) is 22.7. The SMILES string of the molecule is COCc1ccc(CN(CC2CCCCN2)C2CC2)cc1. The summed E-state index contributed by atoms with van der Waals surface area (Å²) in [5.41, 5.74) is 2.69. The number of nitrogens with one attached hydrogen (secondary N) is 1. The third-order valence-electron chi connectivity index (χ3n) is 4.65. The zero-order valence-electron chi connectivity index (χ0n) is 13.2. The zero-order chi connectivity index (χ0) is 14.5. The van der Waals surface area contributed by atoms with Crippen LogP contribution in [-0.2, 0) is 17.9 Å². The Balaban J connectivity index is 1.56. The van der Waals surface area contributed by atoms with Crippen LogP contribution in [0.4, 0.5) is 0 Å². The molecule has 1 saturated carbocycles. The molecule has 1 heterocycles. The Bertz CT molecular complexity index is 421. The highest BCUT2D eigenvalue weighted by molar-refractivity contribution is 5.22. The summed E-state index contributed by atoms with van der Waals surface area (Å²) in [6.07, 6.45) is 6.85. The molecule has 21 heavy (non-hydrogen) atoms. The Kier molecular flexibility index (Phi) is 5.28. The molecule has 1 aliphatic carbocycles. The van der Waals surface area contributed by atoms with Gasteiger partial charge >= 0.3 is 0 Å². The standard InChI is InChI=1S/C18H28N2O/c1-21-14-16-7-5-15(6-8-16)12-20(18-9-10-18)13-17-4-2-3-11-19-17/h5-8,17-19H,2-4,9-14H2,1H3. The van der Waals surface area contributed by atoms with Crippen LogP contribution in [0.5, 0.6) is 0 Å².